The molecule has 1 aromatic rings. The van der Waals surface area contributed by atoms with Gasteiger partial charge < -0.3 is 5.32 Å². The van der Waals surface area contributed by atoms with Crippen LogP contribution in [0.15, 0.2) is 18.2 Å². The predicted molar refractivity (Wildman–Crippen MR) is 74.9 cm³/mol. The first-order valence-corrected chi connectivity index (χ1v) is 6.83. The lowest BCUT2D eigenvalue weighted by atomic mass is 10.1. The number of nitro groups is 1. The molecule has 0 aliphatic carbocycles. The molecule has 0 heterocycles. The van der Waals surface area contributed by atoms with Crippen molar-refractivity contribution in [2.75, 3.05) is 11.9 Å². The van der Waals surface area contributed by atoms with E-state index in [9.17, 15) is 14.5 Å². The number of hydrogen-bond donors (Lipinski definition) is 1. The highest BCUT2D eigenvalue weighted by atomic mass is 19.1. The first-order chi connectivity index (χ1) is 9.15. The van der Waals surface area contributed by atoms with E-state index in [1.807, 2.05) is 0 Å². The van der Waals surface area contributed by atoms with E-state index in [1.165, 1.54) is 37.8 Å². The zero-order chi connectivity index (χ0) is 14.1. The SMILES string of the molecule is CCCCCCCCNc1cc(F)ccc1[N+](=O)[O-]. The van der Waals surface area contributed by atoms with Crippen LogP contribution >= 0.6 is 0 Å². The third-order valence-corrected chi connectivity index (χ3v) is 3.00. The number of nitro benzene ring substituents is 1. The summed E-state index contributed by atoms with van der Waals surface area (Å²) in [6, 6.07) is 3.47. The molecule has 0 saturated heterocycles. The highest BCUT2D eigenvalue weighted by molar-refractivity contribution is 5.61. The zero-order valence-corrected chi connectivity index (χ0v) is 11.3. The van der Waals surface area contributed by atoms with Crippen LogP contribution in [0, 0.1) is 15.9 Å². The van der Waals surface area contributed by atoms with E-state index in [-0.39, 0.29) is 11.4 Å². The molecular weight excluding hydrogens is 247 g/mol. The van der Waals surface area contributed by atoms with Gasteiger partial charge in [0.1, 0.15) is 11.5 Å². The van der Waals surface area contributed by atoms with Crippen molar-refractivity contribution in [2.24, 2.45) is 0 Å². The van der Waals surface area contributed by atoms with Crippen molar-refractivity contribution in [3.8, 4) is 0 Å². The molecule has 0 fully saturated rings. The molecule has 0 aliphatic heterocycles. The fraction of sp³-hybridized carbons (Fsp3) is 0.571. The molecule has 0 aliphatic rings. The Bertz CT molecular complexity index is 410. The second-order valence-corrected chi connectivity index (χ2v) is 4.61. The summed E-state index contributed by atoms with van der Waals surface area (Å²) in [6.45, 7) is 2.81. The summed E-state index contributed by atoms with van der Waals surface area (Å²) in [5.41, 5.74) is 0.186. The van der Waals surface area contributed by atoms with Gasteiger partial charge in [0.15, 0.2) is 0 Å². The maximum Gasteiger partial charge on any atom is 0.292 e. The average Bonchev–Trinajstić information content (AvgIpc) is 2.37. The molecule has 0 bridgehead atoms. The van der Waals surface area contributed by atoms with Crippen LogP contribution in [0.5, 0.6) is 0 Å². The smallest absolute Gasteiger partial charge is 0.292 e. The number of benzene rings is 1. The molecule has 106 valence electrons. The number of halogens is 1. The van der Waals surface area contributed by atoms with Crippen molar-refractivity contribution in [3.05, 3.63) is 34.1 Å². The highest BCUT2D eigenvalue weighted by Crippen LogP contribution is 2.24. The maximum atomic E-state index is 13.1. The molecule has 5 heteroatoms. The van der Waals surface area contributed by atoms with Gasteiger partial charge in [0.2, 0.25) is 0 Å². The minimum Gasteiger partial charge on any atom is -0.379 e. The minimum absolute atomic E-state index is 0.0765. The van der Waals surface area contributed by atoms with Gasteiger partial charge in [-0.2, -0.15) is 0 Å². The second kappa shape index (κ2) is 8.45. The summed E-state index contributed by atoms with van der Waals surface area (Å²) < 4.78 is 13.1. The molecule has 0 unspecified atom stereocenters. The zero-order valence-electron chi connectivity index (χ0n) is 11.3. The van der Waals surface area contributed by atoms with Crippen molar-refractivity contribution in [1.82, 2.24) is 0 Å². The monoisotopic (exact) mass is 268 g/mol. The Balaban J connectivity index is 2.36. The lowest BCUT2D eigenvalue weighted by Crippen LogP contribution is -2.04. The van der Waals surface area contributed by atoms with E-state index in [0.29, 0.717) is 6.54 Å². The summed E-state index contributed by atoms with van der Waals surface area (Å²) in [4.78, 5) is 10.3. The Kier molecular flexibility index (Phi) is 6.85. The third-order valence-electron chi connectivity index (χ3n) is 3.00. The molecule has 0 saturated carbocycles. The molecule has 0 atom stereocenters. The minimum atomic E-state index is -0.497. The van der Waals surface area contributed by atoms with Crippen LogP contribution in [0.25, 0.3) is 0 Å². The van der Waals surface area contributed by atoms with E-state index in [4.69, 9.17) is 0 Å². The molecule has 19 heavy (non-hydrogen) atoms. The van der Waals surface area contributed by atoms with Gasteiger partial charge in [-0.1, -0.05) is 39.0 Å². The van der Waals surface area contributed by atoms with E-state index in [0.717, 1.165) is 18.9 Å². The summed E-state index contributed by atoms with van der Waals surface area (Å²) in [7, 11) is 0. The Morgan fingerprint density at radius 1 is 1.21 bits per heavy atom. The molecular formula is C14H21FN2O2. The van der Waals surface area contributed by atoms with Crippen LogP contribution in [-0.4, -0.2) is 11.5 Å². The Labute approximate surface area is 113 Å². The van der Waals surface area contributed by atoms with Crippen molar-refractivity contribution in [2.45, 2.75) is 45.4 Å². The topological polar surface area (TPSA) is 55.2 Å². The lowest BCUT2D eigenvalue weighted by Gasteiger charge is -2.07. The Hall–Kier alpha value is -1.65. The van der Waals surface area contributed by atoms with E-state index >= 15 is 0 Å². The summed E-state index contributed by atoms with van der Waals surface area (Å²) in [6.07, 6.45) is 6.92. The van der Waals surface area contributed by atoms with E-state index < -0.39 is 10.7 Å². The predicted octanol–water partition coefficient (Wildman–Crippen LogP) is 4.51. The first kappa shape index (κ1) is 15.4. The number of anilines is 1. The number of unbranched alkanes of at least 4 members (excludes halogenated alkanes) is 5. The number of nitrogens with zero attached hydrogens (tertiary/aromatic N) is 1. The second-order valence-electron chi connectivity index (χ2n) is 4.61. The largest absolute Gasteiger partial charge is 0.379 e. The van der Waals surface area contributed by atoms with E-state index in [1.54, 1.807) is 0 Å². The lowest BCUT2D eigenvalue weighted by molar-refractivity contribution is -0.384. The van der Waals surface area contributed by atoms with Crippen LogP contribution < -0.4 is 5.32 Å². The van der Waals surface area contributed by atoms with Crippen molar-refractivity contribution >= 4 is 11.4 Å². The Morgan fingerprint density at radius 2 is 1.89 bits per heavy atom. The van der Waals surface area contributed by atoms with Crippen molar-refractivity contribution < 1.29 is 9.31 Å². The molecule has 4 nitrogen and oxygen atoms in total. The quantitative estimate of drug-likeness (QED) is 0.407. The molecule has 1 N–H and O–H groups in total. The number of hydrogen-bond acceptors (Lipinski definition) is 3. The molecule has 0 spiro atoms. The first-order valence-electron chi connectivity index (χ1n) is 6.83. The maximum absolute atomic E-state index is 13.1. The van der Waals surface area contributed by atoms with Gasteiger partial charge >= 0.3 is 0 Å². The van der Waals surface area contributed by atoms with Gasteiger partial charge in [-0.3, -0.25) is 10.1 Å². The van der Waals surface area contributed by atoms with Gasteiger partial charge in [-0.05, 0) is 12.5 Å². The van der Waals surface area contributed by atoms with Crippen molar-refractivity contribution in [3.63, 3.8) is 0 Å². The van der Waals surface area contributed by atoms with E-state index in [2.05, 4.69) is 12.2 Å². The summed E-state index contributed by atoms with van der Waals surface area (Å²) >= 11 is 0. The van der Waals surface area contributed by atoms with Crippen LogP contribution in [0.3, 0.4) is 0 Å². The highest BCUT2D eigenvalue weighted by Gasteiger charge is 2.13. The van der Waals surface area contributed by atoms with Crippen LogP contribution in [0.4, 0.5) is 15.8 Å². The number of rotatable bonds is 9. The van der Waals surface area contributed by atoms with Crippen LogP contribution in [0.2, 0.25) is 0 Å². The fourth-order valence-corrected chi connectivity index (χ4v) is 1.94. The van der Waals surface area contributed by atoms with Gasteiger partial charge in [0.25, 0.3) is 5.69 Å². The van der Waals surface area contributed by atoms with Gasteiger partial charge in [0.05, 0.1) is 4.92 Å². The normalized spacial score (nSPS) is 10.4. The third kappa shape index (κ3) is 5.68. The number of nitrogens with one attached hydrogen (secondary N) is 1. The van der Waals surface area contributed by atoms with Gasteiger partial charge in [0, 0.05) is 18.7 Å². The standard InChI is InChI=1S/C14H21FN2O2/c1-2-3-4-5-6-7-10-16-13-11-12(15)8-9-14(13)17(18)19/h8-9,11,16H,2-7,10H2,1H3. The summed E-state index contributed by atoms with van der Waals surface area (Å²) in [5, 5.41) is 13.7. The van der Waals surface area contributed by atoms with Gasteiger partial charge in [-0.15, -0.1) is 0 Å². The van der Waals surface area contributed by atoms with Crippen LogP contribution in [-0.2, 0) is 0 Å². The average molecular weight is 268 g/mol. The fourth-order valence-electron chi connectivity index (χ4n) is 1.94. The molecule has 1 aromatic carbocycles. The van der Waals surface area contributed by atoms with Crippen molar-refractivity contribution in [1.29, 1.82) is 0 Å². The van der Waals surface area contributed by atoms with Gasteiger partial charge in [-0.25, -0.2) is 4.39 Å². The Morgan fingerprint density at radius 3 is 2.58 bits per heavy atom. The summed E-state index contributed by atoms with van der Waals surface area (Å²) in [5.74, 6) is -0.462. The molecule has 1 rings (SSSR count). The molecule has 0 amide bonds. The van der Waals surface area contributed by atoms with Crippen LogP contribution in [0.1, 0.15) is 45.4 Å². The molecule has 0 aromatic heterocycles. The molecule has 0 radical (unpaired) electrons.